The fourth-order valence-corrected chi connectivity index (χ4v) is 1.76. The van der Waals surface area contributed by atoms with Crippen LogP contribution in [0.4, 0.5) is 16.0 Å². The second-order valence-electron chi connectivity index (χ2n) is 3.86. The van der Waals surface area contributed by atoms with Crippen LogP contribution < -0.4 is 16.4 Å². The Balaban J connectivity index is 2.22. The molecule has 0 unspecified atom stereocenters. The van der Waals surface area contributed by atoms with Crippen LogP contribution in [0.3, 0.4) is 0 Å². The van der Waals surface area contributed by atoms with E-state index >= 15 is 0 Å². The fraction of sp³-hybridized carbons (Fsp3) is 0.556. The first kappa shape index (κ1) is 11.0. The summed E-state index contributed by atoms with van der Waals surface area (Å²) >= 11 is 0. The third-order valence-electron chi connectivity index (χ3n) is 2.72. The van der Waals surface area contributed by atoms with Crippen LogP contribution in [0.2, 0.25) is 0 Å². The van der Waals surface area contributed by atoms with Crippen LogP contribution in [-0.2, 0) is 0 Å². The number of nitrogens with zero attached hydrogens (tertiary/aromatic N) is 3. The highest BCUT2D eigenvalue weighted by atomic mass is 19.1. The van der Waals surface area contributed by atoms with Gasteiger partial charge in [-0.05, 0) is 6.42 Å². The molecule has 5 N–H and O–H groups in total. The van der Waals surface area contributed by atoms with Gasteiger partial charge in [-0.3, -0.25) is 0 Å². The molecule has 0 aromatic carbocycles. The van der Waals surface area contributed by atoms with Crippen LogP contribution in [0.5, 0.6) is 0 Å². The standard InChI is InChI=1S/C9H14FN5O/c10-7-8(12)13-4-14-9(7)15-2-1-6(16)5(11)3-15/h4-6,16H,1-3,11H2,(H2,12,13,14)/t5-,6-/m0/s1. The molecule has 0 aliphatic carbocycles. The molecule has 1 fully saturated rings. The van der Waals surface area contributed by atoms with Gasteiger partial charge >= 0.3 is 0 Å². The molecule has 1 aromatic rings. The van der Waals surface area contributed by atoms with E-state index in [1.807, 2.05) is 0 Å². The van der Waals surface area contributed by atoms with Crippen molar-refractivity contribution in [3.8, 4) is 0 Å². The smallest absolute Gasteiger partial charge is 0.207 e. The van der Waals surface area contributed by atoms with E-state index in [9.17, 15) is 9.50 Å². The van der Waals surface area contributed by atoms with Crippen LogP contribution >= 0.6 is 0 Å². The van der Waals surface area contributed by atoms with E-state index in [1.165, 1.54) is 6.33 Å². The summed E-state index contributed by atoms with van der Waals surface area (Å²) in [6.07, 6.45) is 1.16. The Morgan fingerprint density at radius 1 is 1.50 bits per heavy atom. The molecule has 0 spiro atoms. The number of aliphatic hydroxyl groups is 1. The lowest BCUT2D eigenvalue weighted by molar-refractivity contribution is 0.124. The molecule has 88 valence electrons. The Morgan fingerprint density at radius 3 is 2.94 bits per heavy atom. The Bertz CT molecular complexity index is 388. The molecule has 0 radical (unpaired) electrons. The van der Waals surface area contributed by atoms with Crippen LogP contribution in [0, 0.1) is 5.82 Å². The maximum Gasteiger partial charge on any atom is 0.207 e. The first-order valence-electron chi connectivity index (χ1n) is 5.04. The van der Waals surface area contributed by atoms with Gasteiger partial charge in [0.05, 0.1) is 6.10 Å². The third-order valence-corrected chi connectivity index (χ3v) is 2.72. The zero-order chi connectivity index (χ0) is 11.7. The number of hydrogen-bond donors (Lipinski definition) is 3. The number of hydrogen-bond acceptors (Lipinski definition) is 6. The Morgan fingerprint density at radius 2 is 2.25 bits per heavy atom. The minimum atomic E-state index is -0.633. The second kappa shape index (κ2) is 4.18. The van der Waals surface area contributed by atoms with Gasteiger partial charge in [0.25, 0.3) is 0 Å². The molecular formula is C9H14FN5O. The van der Waals surface area contributed by atoms with Crippen molar-refractivity contribution in [2.75, 3.05) is 23.7 Å². The fourth-order valence-electron chi connectivity index (χ4n) is 1.76. The summed E-state index contributed by atoms with van der Waals surface area (Å²) in [5, 5.41) is 9.46. The Kier molecular flexibility index (Phi) is 2.88. The van der Waals surface area contributed by atoms with E-state index < -0.39 is 18.0 Å². The predicted molar refractivity (Wildman–Crippen MR) is 57.2 cm³/mol. The van der Waals surface area contributed by atoms with Crippen molar-refractivity contribution in [2.45, 2.75) is 18.6 Å². The van der Waals surface area contributed by atoms with Gasteiger partial charge in [0.15, 0.2) is 11.6 Å². The van der Waals surface area contributed by atoms with Crippen LogP contribution in [0.1, 0.15) is 6.42 Å². The monoisotopic (exact) mass is 227 g/mol. The van der Waals surface area contributed by atoms with Crippen molar-refractivity contribution in [1.82, 2.24) is 9.97 Å². The van der Waals surface area contributed by atoms with E-state index in [2.05, 4.69) is 9.97 Å². The summed E-state index contributed by atoms with van der Waals surface area (Å²) in [4.78, 5) is 9.07. The van der Waals surface area contributed by atoms with Crippen molar-refractivity contribution in [3.63, 3.8) is 0 Å². The number of nitrogen functional groups attached to an aromatic ring is 1. The topological polar surface area (TPSA) is 101 Å². The van der Waals surface area contributed by atoms with E-state index in [0.29, 0.717) is 19.5 Å². The molecule has 0 bridgehead atoms. The summed E-state index contributed by atoms with van der Waals surface area (Å²) in [6, 6.07) is -0.399. The van der Waals surface area contributed by atoms with Gasteiger partial charge in [-0.25, -0.2) is 9.97 Å². The maximum atomic E-state index is 13.6. The lowest BCUT2D eigenvalue weighted by Gasteiger charge is -2.34. The van der Waals surface area contributed by atoms with Crippen molar-refractivity contribution >= 4 is 11.6 Å². The largest absolute Gasteiger partial charge is 0.391 e. The molecule has 1 saturated heterocycles. The van der Waals surface area contributed by atoms with Crippen molar-refractivity contribution < 1.29 is 9.50 Å². The average molecular weight is 227 g/mol. The molecule has 1 aliphatic heterocycles. The molecular weight excluding hydrogens is 213 g/mol. The van der Waals surface area contributed by atoms with E-state index in [-0.39, 0.29) is 11.6 Å². The number of anilines is 2. The lowest BCUT2D eigenvalue weighted by Crippen LogP contribution is -2.51. The zero-order valence-corrected chi connectivity index (χ0v) is 8.67. The zero-order valence-electron chi connectivity index (χ0n) is 8.67. The van der Waals surface area contributed by atoms with Crippen molar-refractivity contribution in [2.24, 2.45) is 5.73 Å². The van der Waals surface area contributed by atoms with Crippen molar-refractivity contribution in [3.05, 3.63) is 12.1 Å². The summed E-state index contributed by atoms with van der Waals surface area (Å²) in [5.74, 6) is -0.661. The summed E-state index contributed by atoms with van der Waals surface area (Å²) in [7, 11) is 0. The van der Waals surface area contributed by atoms with Gasteiger partial charge in [0, 0.05) is 19.1 Å². The lowest BCUT2D eigenvalue weighted by atomic mass is 10.0. The first-order chi connectivity index (χ1) is 7.59. The quantitative estimate of drug-likeness (QED) is 0.574. The van der Waals surface area contributed by atoms with Gasteiger partial charge in [0.1, 0.15) is 6.33 Å². The molecule has 1 aromatic heterocycles. The molecule has 2 atom stereocenters. The molecule has 2 heterocycles. The summed E-state index contributed by atoms with van der Waals surface area (Å²) in [6.45, 7) is 0.858. The van der Waals surface area contributed by atoms with Crippen molar-refractivity contribution in [1.29, 1.82) is 0 Å². The molecule has 7 heteroatoms. The minimum absolute atomic E-state index is 0.148. The number of aromatic nitrogens is 2. The number of halogens is 1. The minimum Gasteiger partial charge on any atom is -0.391 e. The predicted octanol–water partition coefficient (Wildman–Crippen LogP) is -0.904. The van der Waals surface area contributed by atoms with Gasteiger partial charge in [-0.2, -0.15) is 4.39 Å². The molecule has 0 amide bonds. The first-order valence-corrected chi connectivity index (χ1v) is 5.04. The second-order valence-corrected chi connectivity index (χ2v) is 3.86. The van der Waals surface area contributed by atoms with Gasteiger partial charge < -0.3 is 21.5 Å². The van der Waals surface area contributed by atoms with E-state index in [4.69, 9.17) is 11.5 Å². The van der Waals surface area contributed by atoms with E-state index in [0.717, 1.165) is 0 Å². The summed E-state index contributed by atoms with van der Waals surface area (Å²) < 4.78 is 13.6. The summed E-state index contributed by atoms with van der Waals surface area (Å²) in [5.41, 5.74) is 11.1. The Labute approximate surface area is 92.1 Å². The van der Waals surface area contributed by atoms with Crippen LogP contribution in [0.25, 0.3) is 0 Å². The molecule has 16 heavy (non-hydrogen) atoms. The number of aliphatic hydroxyl groups excluding tert-OH is 1. The highest BCUT2D eigenvalue weighted by Gasteiger charge is 2.27. The molecule has 1 aliphatic rings. The van der Waals surface area contributed by atoms with Crippen LogP contribution in [0.15, 0.2) is 6.33 Å². The van der Waals surface area contributed by atoms with Gasteiger partial charge in [-0.15, -0.1) is 0 Å². The third kappa shape index (κ3) is 1.91. The van der Waals surface area contributed by atoms with E-state index in [1.54, 1.807) is 4.90 Å². The number of piperidine rings is 1. The normalized spacial score (nSPS) is 25.8. The molecule has 0 saturated carbocycles. The SMILES string of the molecule is Nc1ncnc(N2CC[C@H](O)[C@@H](N)C2)c1F. The van der Waals surface area contributed by atoms with Gasteiger partial charge in [-0.1, -0.05) is 0 Å². The Hall–Kier alpha value is -1.47. The van der Waals surface area contributed by atoms with Crippen LogP contribution in [-0.4, -0.2) is 40.3 Å². The number of nitrogens with two attached hydrogens (primary N) is 2. The molecule has 2 rings (SSSR count). The number of rotatable bonds is 1. The highest BCUT2D eigenvalue weighted by Crippen LogP contribution is 2.22. The average Bonchev–Trinajstić information content (AvgIpc) is 2.26. The van der Waals surface area contributed by atoms with Gasteiger partial charge in [0.2, 0.25) is 5.82 Å². The molecule has 6 nitrogen and oxygen atoms in total. The highest BCUT2D eigenvalue weighted by molar-refractivity contribution is 5.48. The maximum absolute atomic E-state index is 13.6.